The van der Waals surface area contributed by atoms with Gasteiger partial charge in [0.25, 0.3) is 0 Å². The van der Waals surface area contributed by atoms with Crippen LogP contribution in [0.2, 0.25) is 0 Å². The number of benzene rings is 1. The van der Waals surface area contributed by atoms with Crippen molar-refractivity contribution in [3.8, 4) is 0 Å². The molecule has 16 heavy (non-hydrogen) atoms. The van der Waals surface area contributed by atoms with E-state index in [2.05, 4.69) is 4.72 Å². The molecule has 0 saturated carbocycles. The maximum atomic E-state index is 13.2. The fourth-order valence-electron chi connectivity index (χ4n) is 1.27. The lowest BCUT2D eigenvalue weighted by molar-refractivity contribution is 0.577. The summed E-state index contributed by atoms with van der Waals surface area (Å²) in [6, 6.07) is 6.29. The third-order valence-electron chi connectivity index (χ3n) is 2.06. The molecule has 4 nitrogen and oxygen atoms in total. The molecule has 0 aliphatic rings. The molecule has 0 saturated heterocycles. The zero-order valence-electron chi connectivity index (χ0n) is 8.82. The van der Waals surface area contributed by atoms with Crippen LogP contribution in [0.4, 0.5) is 4.39 Å². The predicted octanol–water partition coefficient (Wildman–Crippen LogP) is 0.246. The molecule has 0 atom stereocenters. The third-order valence-corrected chi connectivity index (χ3v) is 3.48. The van der Waals surface area contributed by atoms with E-state index < -0.39 is 10.0 Å². The number of nitrogens with two attached hydrogens (primary N) is 1. The number of hydrogen-bond acceptors (Lipinski definition) is 3. The van der Waals surface area contributed by atoms with E-state index in [0.717, 1.165) is 0 Å². The summed E-state index contributed by atoms with van der Waals surface area (Å²) in [5.41, 5.74) is 5.64. The smallest absolute Gasteiger partial charge is 0.212 e. The van der Waals surface area contributed by atoms with Crippen LogP contribution in [0.3, 0.4) is 0 Å². The average Bonchev–Trinajstić information content (AvgIpc) is 2.20. The van der Waals surface area contributed by atoms with Gasteiger partial charge in [-0.15, -0.1) is 0 Å². The van der Waals surface area contributed by atoms with Gasteiger partial charge in [0, 0.05) is 13.1 Å². The molecule has 0 aromatic heterocycles. The lowest BCUT2D eigenvalue weighted by Crippen LogP contribution is -2.31. The number of hydrogen-bond donors (Lipinski definition) is 2. The molecule has 0 aliphatic heterocycles. The van der Waals surface area contributed by atoms with E-state index >= 15 is 0 Å². The Kier molecular flexibility index (Phi) is 4.85. The minimum Gasteiger partial charge on any atom is -0.329 e. The van der Waals surface area contributed by atoms with Crippen LogP contribution in [0.1, 0.15) is 5.56 Å². The topological polar surface area (TPSA) is 72.2 Å². The third kappa shape index (κ3) is 4.26. The Labute approximate surface area is 94.7 Å². The minimum atomic E-state index is -3.31. The molecule has 0 heterocycles. The number of nitrogens with one attached hydrogen (secondary N) is 1. The van der Waals surface area contributed by atoms with Gasteiger partial charge in [-0.2, -0.15) is 0 Å². The highest BCUT2D eigenvalue weighted by atomic mass is 32.2. The van der Waals surface area contributed by atoms with Crippen LogP contribution in [0.5, 0.6) is 0 Å². The Morgan fingerprint density at radius 2 is 2.00 bits per heavy atom. The monoisotopic (exact) mass is 246 g/mol. The Balaban J connectivity index is 2.45. The van der Waals surface area contributed by atoms with Gasteiger partial charge in [-0.1, -0.05) is 18.2 Å². The second-order valence-corrected chi connectivity index (χ2v) is 5.27. The van der Waals surface area contributed by atoms with Gasteiger partial charge in [-0.3, -0.25) is 0 Å². The molecule has 1 rings (SSSR count). The molecule has 0 spiro atoms. The zero-order valence-corrected chi connectivity index (χ0v) is 9.63. The molecule has 0 amide bonds. The van der Waals surface area contributed by atoms with Crippen LogP contribution < -0.4 is 10.5 Å². The maximum absolute atomic E-state index is 13.2. The van der Waals surface area contributed by atoms with Gasteiger partial charge in [-0.25, -0.2) is 17.5 Å². The van der Waals surface area contributed by atoms with Crippen LogP contribution >= 0.6 is 0 Å². The average molecular weight is 246 g/mol. The summed E-state index contributed by atoms with van der Waals surface area (Å²) < 4.78 is 38.0. The molecule has 1 aromatic carbocycles. The van der Waals surface area contributed by atoms with Crippen molar-refractivity contribution in [2.24, 2.45) is 5.73 Å². The van der Waals surface area contributed by atoms with Crippen LogP contribution in [-0.4, -0.2) is 27.3 Å². The summed E-state index contributed by atoms with van der Waals surface area (Å²) in [5.74, 6) is -0.426. The molecule has 0 aliphatic carbocycles. The first kappa shape index (κ1) is 13.1. The highest BCUT2D eigenvalue weighted by Gasteiger charge is 2.08. The molecule has 0 bridgehead atoms. The molecule has 1 aromatic rings. The van der Waals surface area contributed by atoms with E-state index in [4.69, 9.17) is 5.73 Å². The largest absolute Gasteiger partial charge is 0.329 e. The highest BCUT2D eigenvalue weighted by molar-refractivity contribution is 7.89. The predicted molar refractivity (Wildman–Crippen MR) is 60.9 cm³/mol. The molecular formula is C10H15FN2O2S. The second kappa shape index (κ2) is 5.93. The summed E-state index contributed by atoms with van der Waals surface area (Å²) in [6.45, 7) is 0.262. The first-order valence-electron chi connectivity index (χ1n) is 4.96. The lowest BCUT2D eigenvalue weighted by Gasteiger charge is -2.06. The van der Waals surface area contributed by atoms with E-state index in [1.807, 2.05) is 0 Å². The standard InChI is InChI=1S/C10H15FN2O2S/c11-10-4-2-1-3-9(10)5-7-13-16(14,15)8-6-12/h1-4,13H,5-8,12H2. The van der Waals surface area contributed by atoms with E-state index in [-0.39, 0.29) is 24.7 Å². The first-order chi connectivity index (χ1) is 7.55. The summed E-state index contributed by atoms with van der Waals surface area (Å²) in [4.78, 5) is 0. The fraction of sp³-hybridized carbons (Fsp3) is 0.400. The Morgan fingerprint density at radius 3 is 2.62 bits per heavy atom. The SMILES string of the molecule is NCCS(=O)(=O)NCCc1ccccc1F. The van der Waals surface area contributed by atoms with Gasteiger partial charge in [0.1, 0.15) is 5.82 Å². The van der Waals surface area contributed by atoms with Gasteiger partial charge < -0.3 is 5.73 Å². The Bertz CT molecular complexity index is 434. The van der Waals surface area contributed by atoms with Crippen molar-refractivity contribution in [1.29, 1.82) is 0 Å². The summed E-state index contributed by atoms with van der Waals surface area (Å²) in [6.07, 6.45) is 0.330. The second-order valence-electron chi connectivity index (χ2n) is 3.34. The molecule has 90 valence electrons. The molecule has 0 fully saturated rings. The molecular weight excluding hydrogens is 231 g/mol. The minimum absolute atomic E-state index is 0.0784. The molecule has 0 unspecified atom stereocenters. The van der Waals surface area contributed by atoms with E-state index in [9.17, 15) is 12.8 Å². The maximum Gasteiger partial charge on any atom is 0.212 e. The van der Waals surface area contributed by atoms with Gasteiger partial charge in [0.2, 0.25) is 10.0 Å². The molecule has 6 heteroatoms. The van der Waals surface area contributed by atoms with E-state index in [1.165, 1.54) is 6.07 Å². The number of halogens is 1. The normalized spacial score (nSPS) is 11.6. The van der Waals surface area contributed by atoms with Crippen molar-refractivity contribution in [3.63, 3.8) is 0 Å². The first-order valence-corrected chi connectivity index (χ1v) is 6.61. The summed E-state index contributed by atoms with van der Waals surface area (Å²) in [7, 11) is -3.31. The van der Waals surface area contributed by atoms with Crippen molar-refractivity contribution >= 4 is 10.0 Å². The molecule has 0 radical (unpaired) electrons. The van der Waals surface area contributed by atoms with Crippen molar-refractivity contribution in [3.05, 3.63) is 35.6 Å². The number of rotatable bonds is 6. The van der Waals surface area contributed by atoms with Crippen molar-refractivity contribution in [1.82, 2.24) is 4.72 Å². The highest BCUT2D eigenvalue weighted by Crippen LogP contribution is 2.06. The Hall–Kier alpha value is -0.980. The van der Waals surface area contributed by atoms with Crippen molar-refractivity contribution in [2.75, 3.05) is 18.8 Å². The number of sulfonamides is 1. The van der Waals surface area contributed by atoms with Gasteiger partial charge in [0.05, 0.1) is 5.75 Å². The van der Waals surface area contributed by atoms with Crippen molar-refractivity contribution < 1.29 is 12.8 Å². The van der Waals surface area contributed by atoms with E-state index in [0.29, 0.717) is 12.0 Å². The Morgan fingerprint density at radius 1 is 1.31 bits per heavy atom. The van der Waals surface area contributed by atoms with Crippen LogP contribution in [0, 0.1) is 5.82 Å². The fourth-order valence-corrected chi connectivity index (χ4v) is 2.14. The molecule has 3 N–H and O–H groups in total. The van der Waals surface area contributed by atoms with Crippen LogP contribution in [0.25, 0.3) is 0 Å². The quantitative estimate of drug-likeness (QED) is 0.755. The van der Waals surface area contributed by atoms with Crippen LogP contribution in [0.15, 0.2) is 24.3 Å². The lowest BCUT2D eigenvalue weighted by atomic mass is 10.1. The van der Waals surface area contributed by atoms with Gasteiger partial charge >= 0.3 is 0 Å². The van der Waals surface area contributed by atoms with Gasteiger partial charge in [0.15, 0.2) is 0 Å². The van der Waals surface area contributed by atoms with Crippen molar-refractivity contribution in [2.45, 2.75) is 6.42 Å². The van der Waals surface area contributed by atoms with E-state index in [1.54, 1.807) is 18.2 Å². The van der Waals surface area contributed by atoms with Crippen LogP contribution in [-0.2, 0) is 16.4 Å². The van der Waals surface area contributed by atoms with Gasteiger partial charge in [-0.05, 0) is 18.1 Å². The summed E-state index contributed by atoms with van der Waals surface area (Å²) >= 11 is 0. The zero-order chi connectivity index (χ0) is 12.0. The summed E-state index contributed by atoms with van der Waals surface area (Å²) in [5, 5.41) is 0.